The van der Waals surface area contributed by atoms with Crippen molar-refractivity contribution in [2.24, 2.45) is 11.1 Å². The molecule has 1 unspecified atom stereocenters. The lowest BCUT2D eigenvalue weighted by atomic mass is 9.73. The van der Waals surface area contributed by atoms with Gasteiger partial charge >= 0.3 is 0 Å². The Balaban J connectivity index is 1.41. The molecule has 1 saturated heterocycles. The van der Waals surface area contributed by atoms with Gasteiger partial charge < -0.3 is 20.7 Å². The first-order valence-corrected chi connectivity index (χ1v) is 13.1. The molecule has 1 aliphatic rings. The SMILES string of the molecule is COc1ccc2ncc(CN)c(C(F)CCC3(C(=O)NO)CCN(CCNc4cc(F)c(F)c(F)c4)CC3)c2c1. The van der Waals surface area contributed by atoms with Crippen LogP contribution in [0.25, 0.3) is 10.9 Å². The minimum Gasteiger partial charge on any atom is -0.497 e. The highest BCUT2D eigenvalue weighted by atomic mass is 19.2. The van der Waals surface area contributed by atoms with E-state index in [9.17, 15) is 23.2 Å². The Morgan fingerprint density at radius 2 is 1.90 bits per heavy atom. The number of nitrogens with one attached hydrogen (secondary N) is 2. The summed E-state index contributed by atoms with van der Waals surface area (Å²) >= 11 is 0. The Labute approximate surface area is 229 Å². The first-order chi connectivity index (χ1) is 19.2. The molecule has 1 atom stereocenters. The van der Waals surface area contributed by atoms with Crippen molar-refractivity contribution in [2.45, 2.75) is 38.4 Å². The number of ether oxygens (including phenoxy) is 1. The number of methoxy groups -OCH3 is 1. The highest BCUT2D eigenvalue weighted by molar-refractivity contribution is 5.85. The third-order valence-corrected chi connectivity index (χ3v) is 7.75. The van der Waals surface area contributed by atoms with Gasteiger partial charge in [0.25, 0.3) is 0 Å². The molecule has 0 aliphatic carbocycles. The first-order valence-electron chi connectivity index (χ1n) is 13.1. The fraction of sp³-hybridized carbons (Fsp3) is 0.429. The number of hydrogen-bond donors (Lipinski definition) is 4. The van der Waals surface area contributed by atoms with E-state index in [2.05, 4.69) is 10.3 Å². The van der Waals surface area contributed by atoms with E-state index in [0.717, 1.165) is 12.1 Å². The lowest BCUT2D eigenvalue weighted by Gasteiger charge is -2.40. The van der Waals surface area contributed by atoms with Crippen molar-refractivity contribution >= 4 is 22.5 Å². The molecule has 1 aliphatic heterocycles. The molecule has 0 radical (unpaired) electrons. The summed E-state index contributed by atoms with van der Waals surface area (Å²) in [5, 5.41) is 12.9. The van der Waals surface area contributed by atoms with Gasteiger partial charge in [-0.3, -0.25) is 15.0 Å². The molecule has 5 N–H and O–H groups in total. The molecule has 3 aromatic rings. The van der Waals surface area contributed by atoms with Crippen LogP contribution in [0, 0.1) is 22.9 Å². The Morgan fingerprint density at radius 3 is 2.52 bits per heavy atom. The Bertz CT molecular complexity index is 1320. The molecule has 1 amide bonds. The van der Waals surface area contributed by atoms with Crippen LogP contribution in [0.2, 0.25) is 0 Å². The molecule has 216 valence electrons. The average molecular weight is 564 g/mol. The molecular weight excluding hydrogens is 530 g/mol. The van der Waals surface area contributed by atoms with E-state index in [1.165, 1.54) is 7.11 Å². The zero-order valence-electron chi connectivity index (χ0n) is 22.2. The van der Waals surface area contributed by atoms with Gasteiger partial charge in [0, 0.05) is 54.6 Å². The smallest absolute Gasteiger partial charge is 0.249 e. The summed E-state index contributed by atoms with van der Waals surface area (Å²) < 4.78 is 61.3. The van der Waals surface area contributed by atoms with Crippen LogP contribution in [0.1, 0.15) is 43.0 Å². The van der Waals surface area contributed by atoms with E-state index in [4.69, 9.17) is 10.5 Å². The number of alkyl halides is 1. The van der Waals surface area contributed by atoms with Gasteiger partial charge in [-0.25, -0.2) is 23.0 Å². The van der Waals surface area contributed by atoms with Crippen molar-refractivity contribution in [3.05, 3.63) is 65.1 Å². The minimum atomic E-state index is -1.52. The van der Waals surface area contributed by atoms with Crippen LogP contribution < -0.4 is 21.3 Å². The number of hydroxylamine groups is 1. The number of nitrogens with zero attached hydrogens (tertiary/aromatic N) is 2. The Kier molecular flexibility index (Phi) is 9.44. The minimum absolute atomic E-state index is 0.0278. The monoisotopic (exact) mass is 563 g/mol. The van der Waals surface area contributed by atoms with E-state index in [1.54, 1.807) is 29.9 Å². The second-order valence-electron chi connectivity index (χ2n) is 10.0. The number of pyridine rings is 1. The van der Waals surface area contributed by atoms with Crippen molar-refractivity contribution in [3.8, 4) is 5.75 Å². The summed E-state index contributed by atoms with van der Waals surface area (Å²) in [6.45, 7) is 1.90. The van der Waals surface area contributed by atoms with Gasteiger partial charge in [-0.05, 0) is 62.5 Å². The van der Waals surface area contributed by atoms with E-state index < -0.39 is 34.9 Å². The molecule has 1 fully saturated rings. The molecule has 0 spiro atoms. The summed E-state index contributed by atoms with van der Waals surface area (Å²) in [6, 6.07) is 6.99. The van der Waals surface area contributed by atoms with Crippen molar-refractivity contribution in [1.29, 1.82) is 0 Å². The Morgan fingerprint density at radius 1 is 1.20 bits per heavy atom. The van der Waals surface area contributed by atoms with Crippen LogP contribution in [-0.2, 0) is 11.3 Å². The molecule has 2 heterocycles. The third-order valence-electron chi connectivity index (χ3n) is 7.75. The van der Waals surface area contributed by atoms with Crippen LogP contribution in [-0.4, -0.2) is 54.3 Å². The lowest BCUT2D eigenvalue weighted by molar-refractivity contribution is -0.143. The number of amides is 1. The van der Waals surface area contributed by atoms with Crippen molar-refractivity contribution < 1.29 is 32.3 Å². The summed E-state index contributed by atoms with van der Waals surface area (Å²) in [4.78, 5) is 19.2. The van der Waals surface area contributed by atoms with E-state index in [1.807, 2.05) is 4.90 Å². The molecule has 1 aromatic heterocycles. The fourth-order valence-electron chi connectivity index (χ4n) is 5.37. The predicted molar refractivity (Wildman–Crippen MR) is 142 cm³/mol. The van der Waals surface area contributed by atoms with Crippen LogP contribution in [0.3, 0.4) is 0 Å². The third kappa shape index (κ3) is 6.29. The fourth-order valence-corrected chi connectivity index (χ4v) is 5.37. The van der Waals surface area contributed by atoms with Gasteiger partial charge in [0.1, 0.15) is 11.9 Å². The van der Waals surface area contributed by atoms with E-state index >= 15 is 4.39 Å². The number of aromatic nitrogens is 1. The number of carbonyl (C=O) groups is 1. The highest BCUT2D eigenvalue weighted by Gasteiger charge is 2.41. The van der Waals surface area contributed by atoms with Gasteiger partial charge in [0.05, 0.1) is 18.0 Å². The van der Waals surface area contributed by atoms with Crippen molar-refractivity contribution in [2.75, 3.05) is 38.6 Å². The lowest BCUT2D eigenvalue weighted by Crippen LogP contribution is -2.49. The van der Waals surface area contributed by atoms with Crippen LogP contribution in [0.5, 0.6) is 5.75 Å². The van der Waals surface area contributed by atoms with E-state index in [0.29, 0.717) is 66.8 Å². The van der Waals surface area contributed by atoms with Gasteiger partial charge in [-0.1, -0.05) is 0 Å². The topological polar surface area (TPSA) is 113 Å². The van der Waals surface area contributed by atoms with Crippen LogP contribution in [0.15, 0.2) is 36.5 Å². The second-order valence-corrected chi connectivity index (χ2v) is 10.0. The van der Waals surface area contributed by atoms with Crippen molar-refractivity contribution in [3.63, 3.8) is 0 Å². The number of likely N-dealkylation sites (tertiary alicyclic amines) is 1. The normalized spacial score (nSPS) is 16.1. The summed E-state index contributed by atoms with van der Waals surface area (Å²) in [5.41, 5.74) is 8.39. The number of halogens is 4. The van der Waals surface area contributed by atoms with Gasteiger partial charge in [0.15, 0.2) is 17.5 Å². The van der Waals surface area contributed by atoms with Gasteiger partial charge in [-0.2, -0.15) is 0 Å². The molecule has 8 nitrogen and oxygen atoms in total. The highest BCUT2D eigenvalue weighted by Crippen LogP contribution is 2.41. The maximum atomic E-state index is 15.9. The van der Waals surface area contributed by atoms with Crippen molar-refractivity contribution in [1.82, 2.24) is 15.4 Å². The zero-order chi connectivity index (χ0) is 28.9. The molecule has 0 saturated carbocycles. The number of benzene rings is 2. The quantitative estimate of drug-likeness (QED) is 0.117. The first kappa shape index (κ1) is 29.5. The van der Waals surface area contributed by atoms with Gasteiger partial charge in [-0.15, -0.1) is 0 Å². The van der Waals surface area contributed by atoms with E-state index in [-0.39, 0.29) is 25.1 Å². The molecule has 12 heteroatoms. The number of fused-ring (bicyclic) bond motifs is 1. The molecule has 0 bridgehead atoms. The molecule has 2 aromatic carbocycles. The molecular formula is C28H33F4N5O3. The summed E-state index contributed by atoms with van der Waals surface area (Å²) in [7, 11) is 1.52. The number of anilines is 1. The summed E-state index contributed by atoms with van der Waals surface area (Å²) in [6.07, 6.45) is 1.10. The van der Waals surface area contributed by atoms with Gasteiger partial charge in [0.2, 0.25) is 5.91 Å². The number of carbonyl (C=O) groups excluding carboxylic acids is 1. The maximum Gasteiger partial charge on any atom is 0.249 e. The van der Waals surface area contributed by atoms with Crippen LogP contribution >= 0.6 is 0 Å². The predicted octanol–water partition coefficient (Wildman–Crippen LogP) is 4.61. The largest absolute Gasteiger partial charge is 0.497 e. The standard InChI is InChI=1S/C28H33F4N5O3/c1-40-19-2-3-24-20(14-19)25(17(15-33)16-35-24)21(29)4-5-28(27(38)36-39)6-9-37(10-7-28)11-8-34-18-12-22(30)26(32)23(31)13-18/h2-3,12-14,16,21,34,39H,4-11,15,33H2,1H3,(H,36,38). The number of piperidine rings is 1. The Hall–Kier alpha value is -3.48. The van der Waals surface area contributed by atoms with Crippen LogP contribution in [0.4, 0.5) is 23.2 Å². The zero-order valence-corrected chi connectivity index (χ0v) is 22.2. The molecule has 40 heavy (non-hydrogen) atoms. The summed E-state index contributed by atoms with van der Waals surface area (Å²) in [5.74, 6) is -4.07. The number of nitrogens with two attached hydrogens (primary N) is 1. The maximum absolute atomic E-state index is 15.9. The second kappa shape index (κ2) is 12.8. The molecule has 4 rings (SSSR count). The number of rotatable bonds is 11. The number of hydrogen-bond acceptors (Lipinski definition) is 7. The average Bonchev–Trinajstić information content (AvgIpc) is 2.97.